The van der Waals surface area contributed by atoms with Gasteiger partial charge in [-0.1, -0.05) is 0 Å². The van der Waals surface area contributed by atoms with Crippen molar-refractivity contribution in [3.8, 4) is 0 Å². The summed E-state index contributed by atoms with van der Waals surface area (Å²) in [6, 6.07) is 2.19. The molecule has 0 atom stereocenters. The Labute approximate surface area is 111 Å². The summed E-state index contributed by atoms with van der Waals surface area (Å²) in [5.74, 6) is -1.78. The maximum absolute atomic E-state index is 13.7. The van der Waals surface area contributed by atoms with Crippen molar-refractivity contribution in [2.45, 2.75) is 26.4 Å². The van der Waals surface area contributed by atoms with Gasteiger partial charge in [0.1, 0.15) is 5.82 Å². The van der Waals surface area contributed by atoms with Crippen LogP contribution in [0.5, 0.6) is 0 Å². The topological polar surface area (TPSA) is 84.6 Å². The van der Waals surface area contributed by atoms with E-state index in [0.29, 0.717) is 13.2 Å². The molecular formula is C13H19FN2O3. The van der Waals surface area contributed by atoms with E-state index >= 15 is 0 Å². The molecule has 0 fully saturated rings. The Morgan fingerprint density at radius 2 is 2.16 bits per heavy atom. The molecule has 0 aliphatic rings. The second-order valence-corrected chi connectivity index (χ2v) is 4.77. The smallest absolute Gasteiger partial charge is 0.337 e. The maximum atomic E-state index is 13.7. The summed E-state index contributed by atoms with van der Waals surface area (Å²) in [7, 11) is 0. The zero-order valence-electron chi connectivity index (χ0n) is 11.3. The SMILES string of the molecule is CCOC(C)(C)CNc1cc(C(=O)O)c(N)cc1F. The number of halogens is 1. The van der Waals surface area contributed by atoms with Gasteiger partial charge in [-0.15, -0.1) is 0 Å². The Morgan fingerprint density at radius 1 is 1.53 bits per heavy atom. The van der Waals surface area contributed by atoms with Gasteiger partial charge in [-0.25, -0.2) is 9.18 Å². The van der Waals surface area contributed by atoms with Crippen LogP contribution < -0.4 is 11.1 Å². The van der Waals surface area contributed by atoms with Gasteiger partial charge >= 0.3 is 5.97 Å². The average molecular weight is 270 g/mol. The second-order valence-electron chi connectivity index (χ2n) is 4.77. The third kappa shape index (κ3) is 4.10. The van der Waals surface area contributed by atoms with Crippen molar-refractivity contribution < 1.29 is 19.0 Å². The van der Waals surface area contributed by atoms with E-state index in [4.69, 9.17) is 15.6 Å². The van der Waals surface area contributed by atoms with Crippen molar-refractivity contribution in [2.75, 3.05) is 24.2 Å². The Hall–Kier alpha value is -1.82. The molecule has 6 heteroatoms. The molecule has 0 spiro atoms. The molecule has 0 saturated heterocycles. The molecule has 0 aromatic heterocycles. The first-order valence-electron chi connectivity index (χ1n) is 5.97. The van der Waals surface area contributed by atoms with Gasteiger partial charge in [-0.3, -0.25) is 0 Å². The summed E-state index contributed by atoms with van der Waals surface area (Å²) < 4.78 is 19.1. The molecule has 106 valence electrons. The quantitative estimate of drug-likeness (QED) is 0.691. The number of hydrogen-bond donors (Lipinski definition) is 3. The lowest BCUT2D eigenvalue weighted by Gasteiger charge is -2.25. The number of carbonyl (C=O) groups is 1. The lowest BCUT2D eigenvalue weighted by molar-refractivity contribution is 0.000661. The van der Waals surface area contributed by atoms with E-state index in [0.717, 1.165) is 6.07 Å². The maximum Gasteiger partial charge on any atom is 0.337 e. The molecule has 1 rings (SSSR count). The van der Waals surface area contributed by atoms with Crippen LogP contribution >= 0.6 is 0 Å². The summed E-state index contributed by atoms with van der Waals surface area (Å²) in [6.45, 7) is 6.47. The van der Waals surface area contributed by atoms with Gasteiger partial charge in [-0.2, -0.15) is 0 Å². The fourth-order valence-corrected chi connectivity index (χ4v) is 1.66. The highest BCUT2D eigenvalue weighted by Crippen LogP contribution is 2.23. The first-order chi connectivity index (χ1) is 8.76. The molecule has 4 N–H and O–H groups in total. The standard InChI is InChI=1S/C13H19FN2O3/c1-4-19-13(2,3)7-16-11-5-8(12(17)18)10(15)6-9(11)14/h5-6,16H,4,7,15H2,1-3H3,(H,17,18). The van der Waals surface area contributed by atoms with Crippen LogP contribution in [0, 0.1) is 5.82 Å². The van der Waals surface area contributed by atoms with Crippen LogP contribution in [0.2, 0.25) is 0 Å². The van der Waals surface area contributed by atoms with Crippen LogP contribution in [-0.2, 0) is 4.74 Å². The number of aromatic carboxylic acids is 1. The summed E-state index contributed by atoms with van der Waals surface area (Å²) in [5.41, 5.74) is 4.84. The van der Waals surface area contributed by atoms with Crippen molar-refractivity contribution in [2.24, 2.45) is 0 Å². The molecule has 0 heterocycles. The minimum Gasteiger partial charge on any atom is -0.478 e. The molecule has 1 aromatic carbocycles. The number of benzene rings is 1. The lowest BCUT2D eigenvalue weighted by Crippen LogP contribution is -2.33. The van der Waals surface area contributed by atoms with Crippen molar-refractivity contribution >= 4 is 17.3 Å². The molecule has 0 radical (unpaired) electrons. The number of hydrogen-bond acceptors (Lipinski definition) is 4. The van der Waals surface area contributed by atoms with Gasteiger partial charge in [0, 0.05) is 18.8 Å². The first-order valence-corrected chi connectivity index (χ1v) is 5.97. The molecule has 0 aliphatic carbocycles. The van der Waals surface area contributed by atoms with Gasteiger partial charge in [0.05, 0.1) is 16.9 Å². The minimum absolute atomic E-state index is 0.0966. The third-order valence-corrected chi connectivity index (χ3v) is 2.61. The van der Waals surface area contributed by atoms with E-state index in [9.17, 15) is 9.18 Å². The minimum atomic E-state index is -1.19. The highest BCUT2D eigenvalue weighted by Gasteiger charge is 2.19. The van der Waals surface area contributed by atoms with E-state index in [1.54, 1.807) is 0 Å². The zero-order chi connectivity index (χ0) is 14.6. The summed E-state index contributed by atoms with van der Waals surface area (Å²) in [4.78, 5) is 10.9. The Bertz CT molecular complexity index is 475. The molecule has 19 heavy (non-hydrogen) atoms. The van der Waals surface area contributed by atoms with Crippen LogP contribution in [0.15, 0.2) is 12.1 Å². The Kier molecular flexibility index (Phi) is 4.72. The van der Waals surface area contributed by atoms with Gasteiger partial charge < -0.3 is 20.9 Å². The average Bonchev–Trinajstić information content (AvgIpc) is 2.27. The molecule has 0 bridgehead atoms. The normalized spacial score (nSPS) is 11.4. The van der Waals surface area contributed by atoms with E-state index in [-0.39, 0.29) is 16.9 Å². The zero-order valence-corrected chi connectivity index (χ0v) is 11.3. The van der Waals surface area contributed by atoms with Gasteiger partial charge in [0.2, 0.25) is 0 Å². The van der Waals surface area contributed by atoms with E-state index in [1.165, 1.54) is 6.07 Å². The van der Waals surface area contributed by atoms with E-state index in [1.807, 2.05) is 20.8 Å². The number of rotatable bonds is 6. The third-order valence-electron chi connectivity index (χ3n) is 2.61. The lowest BCUT2D eigenvalue weighted by atomic mass is 10.1. The predicted octanol–water partition coefficient (Wildman–Crippen LogP) is 2.33. The number of carboxylic acid groups (broad SMARTS) is 1. The first kappa shape index (κ1) is 15.2. The molecule has 1 aromatic rings. The Morgan fingerprint density at radius 3 is 2.68 bits per heavy atom. The molecule has 0 saturated carbocycles. The van der Waals surface area contributed by atoms with E-state index < -0.39 is 17.4 Å². The Balaban J connectivity index is 2.90. The van der Waals surface area contributed by atoms with Gasteiger partial charge in [0.25, 0.3) is 0 Å². The predicted molar refractivity (Wildman–Crippen MR) is 72.0 cm³/mol. The molecular weight excluding hydrogens is 251 g/mol. The van der Waals surface area contributed by atoms with Crippen LogP contribution in [-0.4, -0.2) is 29.8 Å². The summed E-state index contributed by atoms with van der Waals surface area (Å²) in [5, 5.41) is 11.8. The number of nitrogens with two attached hydrogens (primary N) is 1. The largest absolute Gasteiger partial charge is 0.478 e. The van der Waals surface area contributed by atoms with Crippen LogP contribution in [0.25, 0.3) is 0 Å². The van der Waals surface area contributed by atoms with Gasteiger partial charge in [-0.05, 0) is 32.9 Å². The fourth-order valence-electron chi connectivity index (χ4n) is 1.66. The van der Waals surface area contributed by atoms with E-state index in [2.05, 4.69) is 5.32 Å². The molecule has 0 aliphatic heterocycles. The van der Waals surface area contributed by atoms with Crippen LogP contribution in [0.4, 0.5) is 15.8 Å². The highest BCUT2D eigenvalue weighted by molar-refractivity contribution is 5.94. The number of anilines is 2. The second kappa shape index (κ2) is 5.88. The monoisotopic (exact) mass is 270 g/mol. The highest BCUT2D eigenvalue weighted by atomic mass is 19.1. The van der Waals surface area contributed by atoms with Crippen molar-refractivity contribution in [1.29, 1.82) is 0 Å². The molecule has 0 amide bonds. The number of nitrogen functional groups attached to an aromatic ring is 1. The number of ether oxygens (including phenoxy) is 1. The van der Waals surface area contributed by atoms with Crippen LogP contribution in [0.1, 0.15) is 31.1 Å². The van der Waals surface area contributed by atoms with Crippen molar-refractivity contribution in [3.63, 3.8) is 0 Å². The van der Waals surface area contributed by atoms with Crippen molar-refractivity contribution in [3.05, 3.63) is 23.5 Å². The van der Waals surface area contributed by atoms with Crippen molar-refractivity contribution in [1.82, 2.24) is 0 Å². The summed E-state index contributed by atoms with van der Waals surface area (Å²) >= 11 is 0. The summed E-state index contributed by atoms with van der Waals surface area (Å²) in [6.07, 6.45) is 0. The number of carboxylic acids is 1. The van der Waals surface area contributed by atoms with Gasteiger partial charge in [0.15, 0.2) is 0 Å². The molecule has 5 nitrogen and oxygen atoms in total. The molecule has 0 unspecified atom stereocenters. The fraction of sp³-hybridized carbons (Fsp3) is 0.462. The van der Waals surface area contributed by atoms with Crippen LogP contribution in [0.3, 0.4) is 0 Å². The number of nitrogens with one attached hydrogen (secondary N) is 1.